The van der Waals surface area contributed by atoms with E-state index >= 15 is 0 Å². The van der Waals surface area contributed by atoms with E-state index in [0.29, 0.717) is 22.5 Å². The Hall–Kier alpha value is -1.61. The molecule has 0 aromatic heterocycles. The van der Waals surface area contributed by atoms with Crippen LogP contribution in [0.15, 0.2) is 45.8 Å². The molecule has 0 aliphatic rings. The summed E-state index contributed by atoms with van der Waals surface area (Å²) in [5, 5.41) is 0. The molecule has 0 aliphatic heterocycles. The van der Waals surface area contributed by atoms with Gasteiger partial charge in [0.25, 0.3) is 10.0 Å². The van der Waals surface area contributed by atoms with Crippen molar-refractivity contribution in [1.82, 2.24) is 0 Å². The number of hydrogen-bond acceptors (Lipinski definition) is 2. The zero-order valence-electron chi connectivity index (χ0n) is 12.3. The molecule has 0 heterocycles. The van der Waals surface area contributed by atoms with Gasteiger partial charge in [-0.25, -0.2) is 12.8 Å². The van der Waals surface area contributed by atoms with Crippen molar-refractivity contribution in [2.24, 2.45) is 0 Å². The molecule has 0 saturated carbocycles. The summed E-state index contributed by atoms with van der Waals surface area (Å²) in [6.45, 7) is 1.73. The molecule has 0 aliphatic carbocycles. The average Bonchev–Trinajstić information content (AvgIpc) is 2.47. The summed E-state index contributed by atoms with van der Waals surface area (Å²) < 4.78 is 79.6. The Morgan fingerprint density at radius 1 is 1.17 bits per heavy atom. The number of hydrogen-bond donors (Lipinski definition) is 1. The summed E-state index contributed by atoms with van der Waals surface area (Å²) in [5.41, 5.74) is -1.84. The second-order valence-electron chi connectivity index (χ2n) is 4.88. The monoisotopic (exact) mass is 425 g/mol. The van der Waals surface area contributed by atoms with E-state index in [0.717, 1.165) is 12.1 Å². The van der Waals surface area contributed by atoms with Crippen molar-refractivity contribution in [2.75, 3.05) is 4.72 Å². The molecule has 3 nitrogen and oxygen atoms in total. The number of rotatable bonds is 4. The van der Waals surface area contributed by atoms with Crippen LogP contribution in [0.25, 0.3) is 0 Å². The van der Waals surface area contributed by atoms with Gasteiger partial charge in [0.15, 0.2) is 5.82 Å². The van der Waals surface area contributed by atoms with E-state index in [4.69, 9.17) is 0 Å². The second kappa shape index (κ2) is 6.72. The lowest BCUT2D eigenvalue weighted by Gasteiger charge is -2.15. The van der Waals surface area contributed by atoms with Gasteiger partial charge in [-0.2, -0.15) is 13.2 Å². The molecule has 2 aromatic carbocycles. The van der Waals surface area contributed by atoms with E-state index in [1.165, 1.54) is 12.1 Å². The van der Waals surface area contributed by atoms with Crippen LogP contribution in [0.1, 0.15) is 18.1 Å². The molecule has 2 rings (SSSR count). The Morgan fingerprint density at radius 2 is 1.83 bits per heavy atom. The van der Waals surface area contributed by atoms with Crippen LogP contribution in [0.4, 0.5) is 23.2 Å². The van der Waals surface area contributed by atoms with Crippen molar-refractivity contribution in [2.45, 2.75) is 24.4 Å². The van der Waals surface area contributed by atoms with Gasteiger partial charge in [0, 0.05) is 4.47 Å². The Labute approximate surface area is 144 Å². The Kier molecular flexibility index (Phi) is 5.24. The summed E-state index contributed by atoms with van der Waals surface area (Å²) in [5.74, 6) is -1.66. The van der Waals surface area contributed by atoms with Gasteiger partial charge in [0.1, 0.15) is 0 Å². The quantitative estimate of drug-likeness (QED) is 0.702. The van der Waals surface area contributed by atoms with Gasteiger partial charge >= 0.3 is 6.18 Å². The number of sulfonamides is 1. The first-order chi connectivity index (χ1) is 11.1. The number of halogens is 5. The molecule has 2 aromatic rings. The molecule has 130 valence electrons. The van der Waals surface area contributed by atoms with Crippen molar-refractivity contribution in [3.8, 4) is 0 Å². The first kappa shape index (κ1) is 18.7. The Morgan fingerprint density at radius 3 is 2.42 bits per heavy atom. The molecular formula is C15H12BrF4NO2S. The number of alkyl halides is 3. The SMILES string of the molecule is CCc1cc(Br)ccc1S(=O)(=O)Nc1cccc(C(F)(F)F)c1F. The minimum absolute atomic E-state index is 0.120. The topological polar surface area (TPSA) is 46.2 Å². The fraction of sp³-hybridized carbons (Fsp3) is 0.200. The molecule has 0 saturated heterocycles. The first-order valence-electron chi connectivity index (χ1n) is 6.73. The fourth-order valence-electron chi connectivity index (χ4n) is 2.12. The van der Waals surface area contributed by atoms with E-state index in [9.17, 15) is 26.0 Å². The maximum atomic E-state index is 14.0. The molecule has 0 atom stereocenters. The zero-order valence-corrected chi connectivity index (χ0v) is 14.7. The van der Waals surface area contributed by atoms with Crippen molar-refractivity contribution in [3.05, 3.63) is 57.8 Å². The highest BCUT2D eigenvalue weighted by atomic mass is 79.9. The van der Waals surface area contributed by atoms with Gasteiger partial charge in [0.05, 0.1) is 16.1 Å². The molecule has 0 fully saturated rings. The third-order valence-corrected chi connectivity index (χ3v) is 5.20. The van der Waals surface area contributed by atoms with Gasteiger partial charge in [-0.05, 0) is 42.3 Å². The highest BCUT2D eigenvalue weighted by Crippen LogP contribution is 2.34. The third kappa shape index (κ3) is 3.89. The van der Waals surface area contributed by atoms with Crippen molar-refractivity contribution < 1.29 is 26.0 Å². The van der Waals surface area contributed by atoms with Gasteiger partial charge in [-0.3, -0.25) is 4.72 Å². The van der Waals surface area contributed by atoms with Crippen LogP contribution in [-0.4, -0.2) is 8.42 Å². The van der Waals surface area contributed by atoms with Gasteiger partial charge in [0.2, 0.25) is 0 Å². The largest absolute Gasteiger partial charge is 0.419 e. The standard InChI is InChI=1S/C15H12BrF4NO2S/c1-2-9-8-10(16)6-7-13(9)24(22,23)21-12-5-3-4-11(14(12)17)15(18,19)20/h3-8,21H,2H2,1H3. The normalized spacial score (nSPS) is 12.2. The molecule has 0 radical (unpaired) electrons. The highest BCUT2D eigenvalue weighted by molar-refractivity contribution is 9.10. The van der Waals surface area contributed by atoms with Crippen LogP contribution < -0.4 is 4.72 Å². The van der Waals surface area contributed by atoms with Crippen LogP contribution in [-0.2, 0) is 22.6 Å². The van der Waals surface area contributed by atoms with Crippen LogP contribution in [0.5, 0.6) is 0 Å². The molecule has 0 bridgehead atoms. The minimum atomic E-state index is -4.92. The van der Waals surface area contributed by atoms with Gasteiger partial charge in [-0.1, -0.05) is 28.9 Å². The highest BCUT2D eigenvalue weighted by Gasteiger charge is 2.35. The van der Waals surface area contributed by atoms with Crippen LogP contribution in [0.2, 0.25) is 0 Å². The second-order valence-corrected chi connectivity index (χ2v) is 7.44. The summed E-state index contributed by atoms with van der Waals surface area (Å²) in [7, 11) is -4.24. The molecular weight excluding hydrogens is 414 g/mol. The molecule has 0 amide bonds. The molecule has 24 heavy (non-hydrogen) atoms. The summed E-state index contributed by atoms with van der Waals surface area (Å²) in [6.07, 6.45) is -4.54. The lowest BCUT2D eigenvalue weighted by Crippen LogP contribution is -2.17. The van der Waals surface area contributed by atoms with E-state index in [1.54, 1.807) is 13.0 Å². The van der Waals surface area contributed by atoms with E-state index in [-0.39, 0.29) is 4.90 Å². The predicted octanol–water partition coefficient (Wildman–Crippen LogP) is 4.97. The smallest absolute Gasteiger partial charge is 0.277 e. The lowest BCUT2D eigenvalue weighted by molar-refractivity contribution is -0.139. The number of aryl methyl sites for hydroxylation is 1. The minimum Gasteiger partial charge on any atom is -0.277 e. The maximum absolute atomic E-state index is 14.0. The van der Waals surface area contributed by atoms with Gasteiger partial charge in [-0.15, -0.1) is 0 Å². The first-order valence-corrected chi connectivity index (χ1v) is 9.01. The van der Waals surface area contributed by atoms with E-state index < -0.39 is 33.3 Å². The van der Waals surface area contributed by atoms with Crippen LogP contribution >= 0.6 is 15.9 Å². The molecule has 9 heteroatoms. The van der Waals surface area contributed by atoms with Crippen LogP contribution in [0.3, 0.4) is 0 Å². The number of benzene rings is 2. The van der Waals surface area contributed by atoms with Crippen molar-refractivity contribution >= 4 is 31.6 Å². The van der Waals surface area contributed by atoms with E-state index in [1.807, 2.05) is 4.72 Å². The third-order valence-electron chi connectivity index (χ3n) is 3.24. The Bertz CT molecular complexity index is 866. The summed E-state index contributed by atoms with van der Waals surface area (Å²) in [6, 6.07) is 6.78. The molecule has 0 spiro atoms. The fourth-order valence-corrected chi connectivity index (χ4v) is 3.88. The van der Waals surface area contributed by atoms with E-state index in [2.05, 4.69) is 15.9 Å². The molecule has 1 N–H and O–H groups in total. The van der Waals surface area contributed by atoms with Crippen LogP contribution in [0, 0.1) is 5.82 Å². The van der Waals surface area contributed by atoms with Crippen molar-refractivity contribution in [1.29, 1.82) is 0 Å². The lowest BCUT2D eigenvalue weighted by atomic mass is 10.2. The Balaban J connectivity index is 2.48. The summed E-state index contributed by atoms with van der Waals surface area (Å²) in [4.78, 5) is -0.120. The maximum Gasteiger partial charge on any atom is 0.419 e. The van der Waals surface area contributed by atoms with Gasteiger partial charge < -0.3 is 0 Å². The predicted molar refractivity (Wildman–Crippen MR) is 85.7 cm³/mol. The zero-order chi connectivity index (χ0) is 18.1. The average molecular weight is 426 g/mol. The summed E-state index contributed by atoms with van der Waals surface area (Å²) >= 11 is 3.21. The molecule has 0 unspecified atom stereocenters. The van der Waals surface area contributed by atoms with Crippen molar-refractivity contribution in [3.63, 3.8) is 0 Å². The number of anilines is 1. The number of nitrogens with one attached hydrogen (secondary N) is 1.